The quantitative estimate of drug-likeness (QED) is 0.501. The van der Waals surface area contributed by atoms with Gasteiger partial charge in [-0.05, 0) is 70.1 Å². The predicted octanol–water partition coefficient (Wildman–Crippen LogP) is 4.28. The predicted molar refractivity (Wildman–Crippen MR) is 140 cm³/mol. The molecule has 2 aromatic rings. The minimum atomic E-state index is -1.70. The summed E-state index contributed by atoms with van der Waals surface area (Å²) >= 11 is 0. The molecule has 1 unspecified atom stereocenters. The second-order valence-corrected chi connectivity index (χ2v) is 12.5. The van der Waals surface area contributed by atoms with E-state index in [1.165, 1.54) is 23.3 Å². The number of Topliss-reactive ketones (excluding diaryl/α,β-unsaturated/α-hetero) is 1. The summed E-state index contributed by atoms with van der Waals surface area (Å²) in [5.41, 5.74) is -1.16. The molecule has 1 amide bonds. The fraction of sp³-hybridized carbons (Fsp3) is 0.500. The zero-order valence-corrected chi connectivity index (χ0v) is 23.1. The molecular formula is C28H31F2N3O5S. The molecule has 2 fully saturated rings. The summed E-state index contributed by atoms with van der Waals surface area (Å²) in [6.07, 6.45) is 3.71. The number of ether oxygens (including phenoxy) is 1. The van der Waals surface area contributed by atoms with Gasteiger partial charge in [0, 0.05) is 31.0 Å². The molecule has 0 spiro atoms. The maximum atomic E-state index is 15.0. The van der Waals surface area contributed by atoms with Gasteiger partial charge < -0.3 is 4.74 Å². The van der Waals surface area contributed by atoms with E-state index in [-0.39, 0.29) is 46.7 Å². The summed E-state index contributed by atoms with van der Waals surface area (Å²) in [7, 11) is -1.70. The Morgan fingerprint density at radius 3 is 2.54 bits per heavy atom. The van der Waals surface area contributed by atoms with Gasteiger partial charge in [-0.1, -0.05) is 6.07 Å². The number of pyridine rings is 1. The van der Waals surface area contributed by atoms with Crippen LogP contribution in [-0.2, 0) is 26.8 Å². The standard InChI is InChI=1S/C28H31F2N3O5S/c1-28(2,3)38-27(36)33-20-8-6-18(11-20)26(33)23(34)10-16(14-31)9-17-5-7-19(12-21(17)29)32-15-22(30)24(39(4)37)13-25(32)35/h5,7,12-13,15-16,18,20,26H,6,8-11H2,1-4H3/t16-,18+,20-,26+,39?/m1/s1. The number of likely N-dealkylation sites (tertiary alicyclic amines) is 1. The van der Waals surface area contributed by atoms with Crippen LogP contribution >= 0.6 is 0 Å². The number of amides is 1. The molecule has 39 heavy (non-hydrogen) atoms. The van der Waals surface area contributed by atoms with E-state index in [4.69, 9.17) is 4.74 Å². The smallest absolute Gasteiger partial charge is 0.411 e. The number of carbonyl (C=O) groups excluding carboxylic acids is 2. The van der Waals surface area contributed by atoms with E-state index >= 15 is 4.39 Å². The number of fused-ring (bicyclic) bond motifs is 2. The van der Waals surface area contributed by atoms with Gasteiger partial charge in [0.15, 0.2) is 11.6 Å². The Morgan fingerprint density at radius 1 is 1.21 bits per heavy atom. The van der Waals surface area contributed by atoms with Crippen molar-refractivity contribution in [1.82, 2.24) is 9.47 Å². The van der Waals surface area contributed by atoms with Crippen molar-refractivity contribution in [2.24, 2.45) is 11.8 Å². The second kappa shape index (κ2) is 11.0. The minimum Gasteiger partial charge on any atom is -0.444 e. The fourth-order valence-corrected chi connectivity index (χ4v) is 6.13. The van der Waals surface area contributed by atoms with Crippen LogP contribution in [0.5, 0.6) is 0 Å². The van der Waals surface area contributed by atoms with Gasteiger partial charge in [-0.25, -0.2) is 13.6 Å². The van der Waals surface area contributed by atoms with Crippen LogP contribution in [0.4, 0.5) is 13.6 Å². The highest BCUT2D eigenvalue weighted by Gasteiger charge is 2.52. The Morgan fingerprint density at radius 2 is 1.92 bits per heavy atom. The van der Waals surface area contributed by atoms with Crippen molar-refractivity contribution in [3.8, 4) is 11.8 Å². The van der Waals surface area contributed by atoms with Crippen LogP contribution in [0.15, 0.2) is 40.2 Å². The Bertz CT molecular complexity index is 1430. The van der Waals surface area contributed by atoms with Crippen LogP contribution in [0.1, 0.15) is 52.0 Å². The number of ketones is 1. The Kier molecular flexibility index (Phi) is 8.07. The van der Waals surface area contributed by atoms with E-state index in [1.54, 1.807) is 20.8 Å². The first-order valence-electron chi connectivity index (χ1n) is 12.8. The summed E-state index contributed by atoms with van der Waals surface area (Å²) in [6, 6.07) is 6.12. The number of aromatic nitrogens is 1. The van der Waals surface area contributed by atoms with Crippen LogP contribution in [0.2, 0.25) is 0 Å². The highest BCUT2D eigenvalue weighted by atomic mass is 32.2. The number of piperidine rings is 1. The van der Waals surface area contributed by atoms with E-state index < -0.39 is 51.6 Å². The number of nitrogens with zero attached hydrogens (tertiary/aromatic N) is 3. The molecule has 1 aromatic carbocycles. The van der Waals surface area contributed by atoms with Crippen molar-refractivity contribution < 1.29 is 27.3 Å². The van der Waals surface area contributed by atoms with Crippen LogP contribution in [0, 0.1) is 34.8 Å². The molecular weight excluding hydrogens is 528 g/mol. The third kappa shape index (κ3) is 6.11. The highest BCUT2D eigenvalue weighted by Crippen LogP contribution is 2.44. The molecule has 1 saturated heterocycles. The first-order chi connectivity index (χ1) is 18.3. The van der Waals surface area contributed by atoms with Crippen LogP contribution in [0.25, 0.3) is 5.69 Å². The zero-order valence-electron chi connectivity index (χ0n) is 22.3. The molecule has 8 nitrogen and oxygen atoms in total. The largest absolute Gasteiger partial charge is 0.444 e. The van der Waals surface area contributed by atoms with Crippen LogP contribution in [0.3, 0.4) is 0 Å². The summed E-state index contributed by atoms with van der Waals surface area (Å²) in [5.74, 6) is -2.64. The van der Waals surface area contributed by atoms with Crippen molar-refractivity contribution in [1.29, 1.82) is 5.26 Å². The fourth-order valence-electron chi connectivity index (χ4n) is 5.54. The maximum Gasteiger partial charge on any atom is 0.411 e. The van der Waals surface area contributed by atoms with E-state index in [1.807, 2.05) is 0 Å². The van der Waals surface area contributed by atoms with Gasteiger partial charge in [-0.3, -0.25) is 23.3 Å². The van der Waals surface area contributed by atoms with Gasteiger partial charge in [0.25, 0.3) is 5.56 Å². The lowest BCUT2D eigenvalue weighted by atomic mass is 9.88. The van der Waals surface area contributed by atoms with Crippen molar-refractivity contribution in [2.45, 2.75) is 75.5 Å². The summed E-state index contributed by atoms with van der Waals surface area (Å²) in [6.45, 7) is 5.28. The van der Waals surface area contributed by atoms with E-state index in [0.29, 0.717) is 0 Å². The Labute approximate surface area is 228 Å². The molecule has 2 bridgehead atoms. The van der Waals surface area contributed by atoms with Gasteiger partial charge in [0.2, 0.25) is 0 Å². The summed E-state index contributed by atoms with van der Waals surface area (Å²) in [4.78, 5) is 39.9. The topological polar surface area (TPSA) is 109 Å². The normalized spacial score (nSPS) is 21.9. The average Bonchev–Trinajstić information content (AvgIpc) is 3.46. The molecule has 208 valence electrons. The van der Waals surface area contributed by atoms with Crippen molar-refractivity contribution in [2.75, 3.05) is 6.26 Å². The number of hydrogen-bond acceptors (Lipinski definition) is 6. The first kappa shape index (κ1) is 28.6. The third-order valence-corrected chi connectivity index (χ3v) is 8.14. The molecule has 1 aromatic heterocycles. The molecule has 5 atom stereocenters. The van der Waals surface area contributed by atoms with E-state index in [9.17, 15) is 28.2 Å². The van der Waals surface area contributed by atoms with E-state index in [2.05, 4.69) is 6.07 Å². The number of rotatable bonds is 7. The van der Waals surface area contributed by atoms with Crippen molar-refractivity contribution >= 4 is 22.7 Å². The number of benzene rings is 1. The number of carbonyl (C=O) groups is 2. The average molecular weight is 560 g/mol. The minimum absolute atomic E-state index is 0.0145. The Hall–Kier alpha value is -3.39. The molecule has 2 heterocycles. The SMILES string of the molecule is CS(=O)c1cc(=O)n(-c2ccc(C[C@@H](C#N)CC(=O)[C@@H]3[C@H]4CC[C@H](C4)N3C(=O)OC(C)(C)C)c(F)c2)cc1F. The molecule has 4 rings (SSSR count). The second-order valence-electron chi connectivity index (χ2n) is 11.2. The monoisotopic (exact) mass is 559 g/mol. The maximum absolute atomic E-state index is 15.0. The van der Waals surface area contributed by atoms with Gasteiger partial charge in [-0.15, -0.1) is 0 Å². The third-order valence-electron chi connectivity index (χ3n) is 7.21. The molecule has 11 heteroatoms. The van der Waals surface area contributed by atoms with Gasteiger partial charge in [0.05, 0.1) is 39.4 Å². The molecule has 0 N–H and O–H groups in total. The van der Waals surface area contributed by atoms with Crippen molar-refractivity contribution in [3.05, 3.63) is 58.0 Å². The van der Waals surface area contributed by atoms with Crippen LogP contribution in [-0.4, -0.2) is 49.5 Å². The van der Waals surface area contributed by atoms with Gasteiger partial charge >= 0.3 is 6.09 Å². The summed E-state index contributed by atoms with van der Waals surface area (Å²) in [5, 5.41) is 9.76. The lowest BCUT2D eigenvalue weighted by molar-refractivity contribution is -0.126. The van der Waals surface area contributed by atoms with E-state index in [0.717, 1.165) is 42.2 Å². The number of halogens is 2. The first-order valence-corrected chi connectivity index (χ1v) is 14.3. The molecule has 0 radical (unpaired) electrons. The molecule has 2 aliphatic rings. The van der Waals surface area contributed by atoms with Gasteiger partial charge in [-0.2, -0.15) is 5.26 Å². The molecule has 1 saturated carbocycles. The highest BCUT2D eigenvalue weighted by molar-refractivity contribution is 7.84. The van der Waals surface area contributed by atoms with Crippen molar-refractivity contribution in [3.63, 3.8) is 0 Å². The number of hydrogen-bond donors (Lipinski definition) is 0. The summed E-state index contributed by atoms with van der Waals surface area (Å²) < 4.78 is 47.3. The zero-order chi connectivity index (χ0) is 28.6. The number of nitriles is 1. The lowest BCUT2D eigenvalue weighted by Crippen LogP contribution is -2.51. The lowest BCUT2D eigenvalue weighted by Gasteiger charge is -2.35. The Balaban J connectivity index is 1.49. The van der Waals surface area contributed by atoms with Crippen LogP contribution < -0.4 is 5.56 Å². The molecule has 1 aliphatic carbocycles. The van der Waals surface area contributed by atoms with Gasteiger partial charge in [0.1, 0.15) is 11.4 Å². The molecule has 1 aliphatic heterocycles.